The Labute approximate surface area is 179 Å². The van der Waals surface area contributed by atoms with Gasteiger partial charge in [0, 0.05) is 31.9 Å². The molecule has 0 N–H and O–H groups in total. The third-order valence-electron chi connectivity index (χ3n) is 6.73. The van der Waals surface area contributed by atoms with E-state index in [-0.39, 0.29) is 11.5 Å². The zero-order valence-corrected chi connectivity index (χ0v) is 18.1. The van der Waals surface area contributed by atoms with Crippen molar-refractivity contribution in [2.24, 2.45) is 0 Å². The second kappa shape index (κ2) is 9.61. The molecule has 2 aromatic rings. The summed E-state index contributed by atoms with van der Waals surface area (Å²) in [6.45, 7) is 6.34. The van der Waals surface area contributed by atoms with Crippen LogP contribution in [0.3, 0.4) is 0 Å². The summed E-state index contributed by atoms with van der Waals surface area (Å²) < 4.78 is 1.69. The number of hydrogen-bond acceptors (Lipinski definition) is 3. The second-order valence-corrected chi connectivity index (χ2v) is 8.73. The molecule has 1 aromatic carbocycles. The Morgan fingerprint density at radius 1 is 0.967 bits per heavy atom. The van der Waals surface area contributed by atoms with Crippen LogP contribution in [0.25, 0.3) is 0 Å². The molecule has 5 nitrogen and oxygen atoms in total. The first kappa shape index (κ1) is 20.9. The smallest absolute Gasteiger partial charge is 0.263 e. The average Bonchev–Trinajstić information content (AvgIpc) is 2.80. The molecule has 2 aliphatic rings. The van der Waals surface area contributed by atoms with E-state index in [0.717, 1.165) is 37.9 Å². The summed E-state index contributed by atoms with van der Waals surface area (Å²) in [5.41, 5.74) is 2.16. The number of nitrogens with zero attached hydrogens (tertiary/aromatic N) is 3. The van der Waals surface area contributed by atoms with Crippen molar-refractivity contribution >= 4 is 5.91 Å². The van der Waals surface area contributed by atoms with Crippen molar-refractivity contribution in [3.8, 4) is 0 Å². The van der Waals surface area contributed by atoms with Crippen LogP contribution in [0.15, 0.2) is 47.4 Å². The Balaban J connectivity index is 1.43. The molecule has 0 unspecified atom stereocenters. The van der Waals surface area contributed by atoms with Crippen molar-refractivity contribution in [3.05, 3.63) is 69.6 Å². The quantitative estimate of drug-likeness (QED) is 0.762. The van der Waals surface area contributed by atoms with Gasteiger partial charge in [0.05, 0.1) is 0 Å². The molecule has 0 atom stereocenters. The zero-order valence-electron chi connectivity index (χ0n) is 18.1. The van der Waals surface area contributed by atoms with Crippen molar-refractivity contribution in [1.82, 2.24) is 14.4 Å². The van der Waals surface area contributed by atoms with Gasteiger partial charge in [-0.15, -0.1) is 0 Å². The lowest BCUT2D eigenvalue weighted by Gasteiger charge is -2.40. The second-order valence-electron chi connectivity index (χ2n) is 8.73. The van der Waals surface area contributed by atoms with Gasteiger partial charge >= 0.3 is 0 Å². The summed E-state index contributed by atoms with van der Waals surface area (Å²) >= 11 is 0. The minimum Gasteiger partial charge on any atom is -0.338 e. The molecule has 2 fully saturated rings. The molecular weight excluding hydrogens is 374 g/mol. The lowest BCUT2D eigenvalue weighted by atomic mass is 9.99. The van der Waals surface area contributed by atoms with Gasteiger partial charge in [0.1, 0.15) is 5.56 Å². The van der Waals surface area contributed by atoms with E-state index in [1.165, 1.54) is 37.9 Å². The van der Waals surface area contributed by atoms with Crippen LogP contribution < -0.4 is 5.56 Å². The Morgan fingerprint density at radius 2 is 1.67 bits per heavy atom. The molecule has 0 radical (unpaired) electrons. The Hall–Kier alpha value is -2.40. The van der Waals surface area contributed by atoms with Crippen LogP contribution in [0.5, 0.6) is 0 Å². The van der Waals surface area contributed by atoms with Gasteiger partial charge in [0.25, 0.3) is 11.5 Å². The van der Waals surface area contributed by atoms with E-state index < -0.39 is 0 Å². The van der Waals surface area contributed by atoms with Crippen LogP contribution in [0.1, 0.15) is 53.6 Å². The maximum atomic E-state index is 13.2. The highest BCUT2D eigenvalue weighted by atomic mass is 16.2. The maximum absolute atomic E-state index is 13.2. The predicted molar refractivity (Wildman–Crippen MR) is 120 cm³/mol. The molecule has 0 saturated carbocycles. The minimum atomic E-state index is -0.158. The Morgan fingerprint density at radius 3 is 2.37 bits per heavy atom. The van der Waals surface area contributed by atoms with Crippen LogP contribution in [-0.4, -0.2) is 52.5 Å². The normalized spacial score (nSPS) is 18.5. The highest BCUT2D eigenvalue weighted by Gasteiger charge is 2.29. The number of benzene rings is 1. The van der Waals surface area contributed by atoms with Crippen LogP contribution in [0.2, 0.25) is 0 Å². The number of carbonyl (C=O) groups excluding carboxylic acids is 1. The molecule has 4 rings (SSSR count). The molecule has 5 heteroatoms. The van der Waals surface area contributed by atoms with Crippen LogP contribution in [-0.2, 0) is 13.0 Å². The number of rotatable bonds is 5. The van der Waals surface area contributed by atoms with Crippen LogP contribution in [0, 0.1) is 6.92 Å². The number of pyridine rings is 1. The molecule has 30 heavy (non-hydrogen) atoms. The first-order chi connectivity index (χ1) is 14.6. The maximum Gasteiger partial charge on any atom is 0.263 e. The van der Waals surface area contributed by atoms with Crippen molar-refractivity contribution in [2.45, 2.75) is 58.0 Å². The van der Waals surface area contributed by atoms with E-state index in [2.05, 4.69) is 17.0 Å². The fourth-order valence-corrected chi connectivity index (χ4v) is 4.87. The largest absolute Gasteiger partial charge is 0.338 e. The highest BCUT2D eigenvalue weighted by molar-refractivity contribution is 5.95. The third-order valence-corrected chi connectivity index (χ3v) is 6.73. The Bertz CT molecular complexity index is 908. The summed E-state index contributed by atoms with van der Waals surface area (Å²) in [4.78, 5) is 30.9. The summed E-state index contributed by atoms with van der Waals surface area (Å²) in [7, 11) is 0. The number of carbonyl (C=O) groups is 1. The first-order valence-electron chi connectivity index (χ1n) is 11.4. The van der Waals surface area contributed by atoms with Gasteiger partial charge in [-0.3, -0.25) is 9.59 Å². The van der Waals surface area contributed by atoms with Crippen molar-refractivity contribution in [2.75, 3.05) is 26.2 Å². The van der Waals surface area contributed by atoms with Gasteiger partial charge in [0.15, 0.2) is 0 Å². The number of hydrogen-bond donors (Lipinski definition) is 0. The zero-order chi connectivity index (χ0) is 20.9. The molecule has 3 heterocycles. The fraction of sp³-hybridized carbons (Fsp3) is 0.520. The number of piperidine rings is 2. The highest BCUT2D eigenvalue weighted by Crippen LogP contribution is 2.22. The van der Waals surface area contributed by atoms with Crippen molar-refractivity contribution < 1.29 is 4.79 Å². The number of likely N-dealkylation sites (tertiary alicyclic amines) is 2. The van der Waals surface area contributed by atoms with Gasteiger partial charge in [-0.05, 0) is 69.3 Å². The van der Waals surface area contributed by atoms with Gasteiger partial charge in [-0.2, -0.15) is 0 Å². The fourth-order valence-electron chi connectivity index (χ4n) is 4.87. The summed E-state index contributed by atoms with van der Waals surface area (Å²) in [6, 6.07) is 12.6. The molecule has 2 saturated heterocycles. The molecule has 1 aromatic heterocycles. The van der Waals surface area contributed by atoms with Gasteiger partial charge in [-0.25, -0.2) is 0 Å². The van der Waals surface area contributed by atoms with Crippen LogP contribution in [0.4, 0.5) is 0 Å². The monoisotopic (exact) mass is 407 g/mol. The standard InChI is InChI=1S/C25H33N3O2/c1-20-10-16-27(17-11-21-8-4-2-5-9-21)24(29)23(20)25(30)28-18-12-22(13-19-28)26-14-6-3-7-15-26/h2,4-5,8-10,16,22H,3,6-7,11-15,17-19H2,1H3. The summed E-state index contributed by atoms with van der Waals surface area (Å²) in [6.07, 6.45) is 8.56. The predicted octanol–water partition coefficient (Wildman–Crippen LogP) is 3.49. The molecule has 0 aliphatic carbocycles. The first-order valence-corrected chi connectivity index (χ1v) is 11.4. The summed E-state index contributed by atoms with van der Waals surface area (Å²) in [5.74, 6) is -0.0938. The molecule has 1 amide bonds. The van der Waals surface area contributed by atoms with Crippen molar-refractivity contribution in [1.29, 1.82) is 0 Å². The van der Waals surface area contributed by atoms with E-state index in [0.29, 0.717) is 18.2 Å². The SMILES string of the molecule is Cc1ccn(CCc2ccccc2)c(=O)c1C(=O)N1CCC(N2CCCCC2)CC1. The van der Waals surface area contributed by atoms with E-state index in [1.807, 2.05) is 42.3 Å². The lowest BCUT2D eigenvalue weighted by molar-refractivity contribution is 0.0587. The molecule has 2 aliphatic heterocycles. The molecule has 160 valence electrons. The Kier molecular flexibility index (Phi) is 6.68. The number of aromatic nitrogens is 1. The molecule has 0 bridgehead atoms. The number of aryl methyl sites for hydroxylation is 3. The van der Waals surface area contributed by atoms with E-state index in [9.17, 15) is 9.59 Å². The number of amides is 1. The van der Waals surface area contributed by atoms with E-state index in [1.54, 1.807) is 4.57 Å². The van der Waals surface area contributed by atoms with E-state index >= 15 is 0 Å². The van der Waals surface area contributed by atoms with Crippen molar-refractivity contribution in [3.63, 3.8) is 0 Å². The molecular formula is C25H33N3O2. The molecule has 0 spiro atoms. The lowest BCUT2D eigenvalue weighted by Crippen LogP contribution is -2.49. The van der Waals surface area contributed by atoms with Crippen LogP contribution >= 0.6 is 0 Å². The van der Waals surface area contributed by atoms with E-state index in [4.69, 9.17) is 0 Å². The topological polar surface area (TPSA) is 45.6 Å². The third kappa shape index (κ3) is 4.67. The summed E-state index contributed by atoms with van der Waals surface area (Å²) in [5, 5.41) is 0. The van der Waals surface area contributed by atoms with Gasteiger partial charge < -0.3 is 14.4 Å². The van der Waals surface area contributed by atoms with Gasteiger partial charge in [-0.1, -0.05) is 36.8 Å². The van der Waals surface area contributed by atoms with Gasteiger partial charge in [0.2, 0.25) is 0 Å². The minimum absolute atomic E-state index is 0.0938. The average molecular weight is 408 g/mol.